The summed E-state index contributed by atoms with van der Waals surface area (Å²) < 4.78 is 7.29. The van der Waals surface area contributed by atoms with E-state index in [2.05, 4.69) is 22.3 Å². The van der Waals surface area contributed by atoms with E-state index in [1.807, 2.05) is 11.6 Å². The smallest absolute Gasteiger partial charge is 0.138 e. The van der Waals surface area contributed by atoms with Crippen molar-refractivity contribution in [2.24, 2.45) is 0 Å². The molecule has 6 heteroatoms. The Hall–Kier alpha value is -0.980. The molecule has 2 N–H and O–H groups in total. The Bertz CT molecular complexity index is 386. The Morgan fingerprint density at radius 1 is 1.63 bits per heavy atom. The van der Waals surface area contributed by atoms with Crippen LogP contribution in [0.25, 0.3) is 0 Å². The fourth-order valence-electron chi connectivity index (χ4n) is 2.52. The topological polar surface area (TPSA) is 72.2 Å². The Kier molecular flexibility index (Phi) is 4.90. The molecule has 1 aromatic heterocycles. The van der Waals surface area contributed by atoms with Crippen molar-refractivity contribution in [3.05, 3.63) is 12.2 Å². The highest BCUT2D eigenvalue weighted by Gasteiger charge is 2.28. The lowest BCUT2D eigenvalue weighted by molar-refractivity contribution is 0.00477. The molecule has 1 fully saturated rings. The van der Waals surface area contributed by atoms with Crippen molar-refractivity contribution < 1.29 is 9.84 Å². The Balaban J connectivity index is 1.93. The summed E-state index contributed by atoms with van der Waals surface area (Å²) >= 11 is 0. The van der Waals surface area contributed by atoms with Gasteiger partial charge in [0.15, 0.2) is 0 Å². The molecule has 0 bridgehead atoms. The van der Waals surface area contributed by atoms with Gasteiger partial charge in [0, 0.05) is 25.6 Å². The van der Waals surface area contributed by atoms with Gasteiger partial charge in [-0.3, -0.25) is 4.68 Å². The molecule has 0 aliphatic carbocycles. The second-order valence-corrected chi connectivity index (χ2v) is 5.50. The standard InChI is InChI=1S/C13H24N4O2/c1-3-5-17-12(15-10-16-17)8-13(2,18)7-11-9-19-6-4-14-11/h10-11,14,18H,3-9H2,1-2H3. The largest absolute Gasteiger partial charge is 0.390 e. The minimum absolute atomic E-state index is 0.214. The molecule has 108 valence electrons. The Morgan fingerprint density at radius 2 is 2.47 bits per heavy atom. The van der Waals surface area contributed by atoms with Gasteiger partial charge in [0.1, 0.15) is 12.2 Å². The van der Waals surface area contributed by atoms with Crippen molar-refractivity contribution >= 4 is 0 Å². The second kappa shape index (κ2) is 6.45. The monoisotopic (exact) mass is 268 g/mol. The first-order valence-corrected chi connectivity index (χ1v) is 7.01. The Labute approximate surface area is 114 Å². The van der Waals surface area contributed by atoms with Crippen molar-refractivity contribution in [1.82, 2.24) is 20.1 Å². The van der Waals surface area contributed by atoms with E-state index in [0.717, 1.165) is 31.9 Å². The van der Waals surface area contributed by atoms with Gasteiger partial charge in [-0.1, -0.05) is 6.92 Å². The van der Waals surface area contributed by atoms with Gasteiger partial charge in [0.05, 0.1) is 18.8 Å². The first-order valence-electron chi connectivity index (χ1n) is 7.01. The maximum atomic E-state index is 10.6. The zero-order chi connectivity index (χ0) is 13.7. The van der Waals surface area contributed by atoms with E-state index >= 15 is 0 Å². The van der Waals surface area contributed by atoms with Crippen LogP contribution in [0.3, 0.4) is 0 Å². The summed E-state index contributed by atoms with van der Waals surface area (Å²) in [5, 5.41) is 18.1. The van der Waals surface area contributed by atoms with Crippen molar-refractivity contribution in [3.63, 3.8) is 0 Å². The average molecular weight is 268 g/mol. The predicted octanol–water partition coefficient (Wildman–Crippen LogP) is 0.360. The normalized spacial score (nSPS) is 23.2. The zero-order valence-corrected chi connectivity index (χ0v) is 11.8. The van der Waals surface area contributed by atoms with E-state index in [1.165, 1.54) is 0 Å². The summed E-state index contributed by atoms with van der Waals surface area (Å²) in [4.78, 5) is 4.25. The molecule has 0 aromatic carbocycles. The number of nitrogens with zero attached hydrogens (tertiary/aromatic N) is 3. The Morgan fingerprint density at radius 3 is 3.16 bits per heavy atom. The maximum Gasteiger partial charge on any atom is 0.138 e. The molecule has 1 aromatic rings. The predicted molar refractivity (Wildman–Crippen MR) is 71.9 cm³/mol. The lowest BCUT2D eigenvalue weighted by Gasteiger charge is -2.31. The first kappa shape index (κ1) is 14.4. The fraction of sp³-hybridized carbons (Fsp3) is 0.846. The summed E-state index contributed by atoms with van der Waals surface area (Å²) in [5.41, 5.74) is -0.795. The molecule has 2 heterocycles. The summed E-state index contributed by atoms with van der Waals surface area (Å²) in [7, 11) is 0. The number of ether oxygens (including phenoxy) is 1. The maximum absolute atomic E-state index is 10.6. The highest BCUT2D eigenvalue weighted by Crippen LogP contribution is 2.19. The lowest BCUT2D eigenvalue weighted by atomic mass is 9.93. The lowest BCUT2D eigenvalue weighted by Crippen LogP contribution is -2.46. The number of hydrogen-bond acceptors (Lipinski definition) is 5. The molecule has 1 aliphatic rings. The molecule has 0 saturated carbocycles. The number of aliphatic hydroxyl groups is 1. The van der Waals surface area contributed by atoms with Crippen LogP contribution >= 0.6 is 0 Å². The number of nitrogens with one attached hydrogen (secondary N) is 1. The van der Waals surface area contributed by atoms with Crippen molar-refractivity contribution in [3.8, 4) is 0 Å². The van der Waals surface area contributed by atoms with Gasteiger partial charge in [-0.15, -0.1) is 0 Å². The van der Waals surface area contributed by atoms with Crippen LogP contribution in [0.15, 0.2) is 6.33 Å². The molecule has 2 rings (SSSR count). The van der Waals surface area contributed by atoms with Gasteiger partial charge in [-0.2, -0.15) is 5.10 Å². The highest BCUT2D eigenvalue weighted by molar-refractivity contribution is 4.95. The van der Waals surface area contributed by atoms with Crippen LogP contribution in [-0.4, -0.2) is 51.3 Å². The molecule has 0 spiro atoms. The van der Waals surface area contributed by atoms with Crippen LogP contribution in [0.5, 0.6) is 0 Å². The van der Waals surface area contributed by atoms with Crippen molar-refractivity contribution in [2.45, 2.75) is 51.3 Å². The van der Waals surface area contributed by atoms with E-state index in [9.17, 15) is 5.11 Å². The zero-order valence-electron chi connectivity index (χ0n) is 11.8. The summed E-state index contributed by atoms with van der Waals surface area (Å²) in [6.07, 6.45) is 3.75. The number of morpholine rings is 1. The van der Waals surface area contributed by atoms with Gasteiger partial charge in [-0.25, -0.2) is 4.98 Å². The van der Waals surface area contributed by atoms with Crippen LogP contribution in [0.2, 0.25) is 0 Å². The van der Waals surface area contributed by atoms with Crippen molar-refractivity contribution in [2.75, 3.05) is 19.8 Å². The van der Waals surface area contributed by atoms with Gasteiger partial charge in [0.2, 0.25) is 0 Å². The molecule has 0 amide bonds. The van der Waals surface area contributed by atoms with Crippen LogP contribution in [-0.2, 0) is 17.7 Å². The SMILES string of the molecule is CCCn1ncnc1CC(C)(O)CC1COCCN1. The molecule has 1 aliphatic heterocycles. The summed E-state index contributed by atoms with van der Waals surface area (Å²) in [5.74, 6) is 0.851. The van der Waals surface area contributed by atoms with Gasteiger partial charge in [0.25, 0.3) is 0 Å². The van der Waals surface area contributed by atoms with Gasteiger partial charge in [-0.05, 0) is 19.8 Å². The first-order chi connectivity index (χ1) is 9.11. The third-order valence-electron chi connectivity index (χ3n) is 3.35. The van der Waals surface area contributed by atoms with Crippen LogP contribution in [0, 0.1) is 0 Å². The third kappa shape index (κ3) is 4.26. The van der Waals surface area contributed by atoms with E-state index in [-0.39, 0.29) is 6.04 Å². The van der Waals surface area contributed by atoms with Crippen LogP contribution < -0.4 is 5.32 Å². The van der Waals surface area contributed by atoms with E-state index in [1.54, 1.807) is 6.33 Å². The quantitative estimate of drug-likeness (QED) is 0.779. The molecule has 6 nitrogen and oxygen atoms in total. The molecule has 2 unspecified atom stereocenters. The number of rotatable bonds is 6. The molecular formula is C13H24N4O2. The van der Waals surface area contributed by atoms with Gasteiger partial charge >= 0.3 is 0 Å². The molecular weight excluding hydrogens is 244 g/mol. The van der Waals surface area contributed by atoms with Crippen LogP contribution in [0.4, 0.5) is 0 Å². The summed E-state index contributed by atoms with van der Waals surface area (Å²) in [6.45, 7) is 7.07. The fourth-order valence-corrected chi connectivity index (χ4v) is 2.52. The average Bonchev–Trinajstić information content (AvgIpc) is 2.77. The number of aromatic nitrogens is 3. The minimum atomic E-state index is -0.795. The number of aryl methyl sites for hydroxylation is 1. The molecule has 0 radical (unpaired) electrons. The summed E-state index contributed by atoms with van der Waals surface area (Å²) in [6, 6.07) is 0.214. The second-order valence-electron chi connectivity index (χ2n) is 5.50. The van der Waals surface area contributed by atoms with Crippen molar-refractivity contribution in [1.29, 1.82) is 0 Å². The van der Waals surface area contributed by atoms with E-state index in [4.69, 9.17) is 4.74 Å². The van der Waals surface area contributed by atoms with E-state index < -0.39 is 5.60 Å². The highest BCUT2D eigenvalue weighted by atomic mass is 16.5. The molecule has 2 atom stereocenters. The van der Waals surface area contributed by atoms with E-state index in [0.29, 0.717) is 19.4 Å². The minimum Gasteiger partial charge on any atom is -0.390 e. The van der Waals surface area contributed by atoms with Gasteiger partial charge < -0.3 is 15.2 Å². The third-order valence-corrected chi connectivity index (χ3v) is 3.35. The molecule has 1 saturated heterocycles. The van der Waals surface area contributed by atoms with Crippen LogP contribution in [0.1, 0.15) is 32.5 Å². The number of hydrogen-bond donors (Lipinski definition) is 2. The molecule has 19 heavy (non-hydrogen) atoms.